The van der Waals surface area contributed by atoms with Crippen LogP contribution in [0, 0.1) is 0 Å². The first kappa shape index (κ1) is 14.1. The van der Waals surface area contributed by atoms with Crippen LogP contribution in [-0.2, 0) is 0 Å². The Labute approximate surface area is 122 Å². The number of carbonyl (C=O) groups is 1. The molecule has 0 aliphatic heterocycles. The second-order valence-corrected chi connectivity index (χ2v) is 5.52. The fraction of sp³-hybridized carbons (Fsp3) is 0.400. The summed E-state index contributed by atoms with van der Waals surface area (Å²) >= 11 is 3.36. The Balaban J connectivity index is 1.92. The zero-order valence-corrected chi connectivity index (χ0v) is 12.6. The molecule has 0 spiro atoms. The molecule has 0 fully saturated rings. The van der Waals surface area contributed by atoms with Crippen LogP contribution in [0.3, 0.4) is 0 Å². The molecule has 1 aromatic carbocycles. The third-order valence-electron chi connectivity index (χ3n) is 3.27. The number of hydrogen-bond donors (Lipinski definition) is 1. The SMILES string of the molecule is COc1cc(Br)ccc1C(=O)NCCC1=CCCC1. The van der Waals surface area contributed by atoms with Gasteiger partial charge in [-0.05, 0) is 43.9 Å². The van der Waals surface area contributed by atoms with Gasteiger partial charge in [-0.3, -0.25) is 4.79 Å². The van der Waals surface area contributed by atoms with Gasteiger partial charge >= 0.3 is 0 Å². The third-order valence-corrected chi connectivity index (χ3v) is 3.77. The fourth-order valence-electron chi connectivity index (χ4n) is 2.25. The minimum absolute atomic E-state index is 0.0806. The highest BCUT2D eigenvalue weighted by atomic mass is 79.9. The van der Waals surface area contributed by atoms with Crippen molar-refractivity contribution in [3.63, 3.8) is 0 Å². The first-order chi connectivity index (χ1) is 9.20. The molecule has 3 nitrogen and oxygen atoms in total. The van der Waals surface area contributed by atoms with Crippen LogP contribution in [0.15, 0.2) is 34.3 Å². The standard InChI is InChI=1S/C15H18BrNO2/c1-19-14-10-12(16)6-7-13(14)15(18)17-9-8-11-4-2-3-5-11/h4,6-7,10H,2-3,5,8-9H2,1H3,(H,17,18). The number of amides is 1. The van der Waals surface area contributed by atoms with Gasteiger partial charge in [0.25, 0.3) is 5.91 Å². The summed E-state index contributed by atoms with van der Waals surface area (Å²) < 4.78 is 6.12. The number of hydrogen-bond acceptors (Lipinski definition) is 2. The molecule has 0 atom stereocenters. The molecule has 102 valence electrons. The molecule has 0 radical (unpaired) electrons. The van der Waals surface area contributed by atoms with Crippen molar-refractivity contribution in [1.29, 1.82) is 0 Å². The first-order valence-electron chi connectivity index (χ1n) is 6.50. The van der Waals surface area contributed by atoms with Crippen LogP contribution in [0.4, 0.5) is 0 Å². The van der Waals surface area contributed by atoms with E-state index < -0.39 is 0 Å². The molecular weight excluding hydrogens is 306 g/mol. The molecule has 19 heavy (non-hydrogen) atoms. The molecule has 1 aromatic rings. The fourth-order valence-corrected chi connectivity index (χ4v) is 2.59. The van der Waals surface area contributed by atoms with Gasteiger partial charge in [-0.15, -0.1) is 0 Å². The van der Waals surface area contributed by atoms with Gasteiger partial charge in [0, 0.05) is 11.0 Å². The van der Waals surface area contributed by atoms with Gasteiger partial charge in [0.2, 0.25) is 0 Å². The van der Waals surface area contributed by atoms with Crippen molar-refractivity contribution < 1.29 is 9.53 Å². The predicted octanol–water partition coefficient (Wildman–Crippen LogP) is 3.69. The molecule has 0 bridgehead atoms. The van der Waals surface area contributed by atoms with E-state index in [4.69, 9.17) is 4.74 Å². The van der Waals surface area contributed by atoms with Crippen molar-refractivity contribution in [1.82, 2.24) is 5.32 Å². The van der Waals surface area contributed by atoms with Crippen LogP contribution < -0.4 is 10.1 Å². The molecule has 1 aliphatic carbocycles. The Bertz CT molecular complexity index is 497. The van der Waals surface area contributed by atoms with Crippen molar-refractivity contribution in [3.8, 4) is 5.75 Å². The number of benzene rings is 1. The molecule has 0 unspecified atom stereocenters. The third kappa shape index (κ3) is 3.83. The minimum atomic E-state index is -0.0806. The average Bonchev–Trinajstić information content (AvgIpc) is 2.91. The highest BCUT2D eigenvalue weighted by Crippen LogP contribution is 2.23. The number of carbonyl (C=O) groups excluding carboxylic acids is 1. The molecule has 0 aromatic heterocycles. The highest BCUT2D eigenvalue weighted by molar-refractivity contribution is 9.10. The molecule has 1 N–H and O–H groups in total. The summed E-state index contributed by atoms with van der Waals surface area (Å²) in [5.74, 6) is 0.509. The summed E-state index contributed by atoms with van der Waals surface area (Å²) in [6.07, 6.45) is 6.85. The van der Waals surface area contributed by atoms with Gasteiger partial charge in [-0.2, -0.15) is 0 Å². The lowest BCUT2D eigenvalue weighted by atomic mass is 10.1. The second-order valence-electron chi connectivity index (χ2n) is 4.61. The molecule has 0 heterocycles. The summed E-state index contributed by atoms with van der Waals surface area (Å²) in [5.41, 5.74) is 2.04. The molecule has 0 saturated carbocycles. The van der Waals surface area contributed by atoms with Crippen LogP contribution in [-0.4, -0.2) is 19.6 Å². The topological polar surface area (TPSA) is 38.3 Å². The Hall–Kier alpha value is -1.29. The van der Waals surface area contributed by atoms with Crippen LogP contribution >= 0.6 is 15.9 Å². The maximum atomic E-state index is 12.1. The second kappa shape index (κ2) is 6.75. The van der Waals surface area contributed by atoms with Crippen molar-refractivity contribution >= 4 is 21.8 Å². The van der Waals surface area contributed by atoms with E-state index >= 15 is 0 Å². The summed E-state index contributed by atoms with van der Waals surface area (Å²) in [5, 5.41) is 2.94. The minimum Gasteiger partial charge on any atom is -0.496 e. The smallest absolute Gasteiger partial charge is 0.255 e. The predicted molar refractivity (Wildman–Crippen MR) is 79.6 cm³/mol. The quantitative estimate of drug-likeness (QED) is 0.839. The first-order valence-corrected chi connectivity index (χ1v) is 7.29. The van der Waals surface area contributed by atoms with E-state index in [-0.39, 0.29) is 5.91 Å². The van der Waals surface area contributed by atoms with Crippen LogP contribution in [0.1, 0.15) is 36.0 Å². The largest absolute Gasteiger partial charge is 0.496 e. The highest BCUT2D eigenvalue weighted by Gasteiger charge is 2.12. The van der Waals surface area contributed by atoms with E-state index in [0.717, 1.165) is 10.9 Å². The van der Waals surface area contributed by atoms with Crippen LogP contribution in [0.25, 0.3) is 0 Å². The average molecular weight is 324 g/mol. The van der Waals surface area contributed by atoms with E-state index in [1.807, 2.05) is 6.07 Å². The van der Waals surface area contributed by atoms with E-state index in [1.54, 1.807) is 19.2 Å². The lowest BCUT2D eigenvalue weighted by Crippen LogP contribution is -2.25. The van der Waals surface area contributed by atoms with Gasteiger partial charge < -0.3 is 10.1 Å². The van der Waals surface area contributed by atoms with Crippen molar-refractivity contribution in [2.75, 3.05) is 13.7 Å². The zero-order chi connectivity index (χ0) is 13.7. The number of methoxy groups -OCH3 is 1. The Morgan fingerprint density at radius 1 is 1.47 bits per heavy atom. The van der Waals surface area contributed by atoms with Crippen LogP contribution in [0.2, 0.25) is 0 Å². The number of nitrogens with one attached hydrogen (secondary N) is 1. The van der Waals surface area contributed by atoms with Crippen molar-refractivity contribution in [3.05, 3.63) is 39.9 Å². The lowest BCUT2D eigenvalue weighted by Gasteiger charge is -2.10. The van der Waals surface area contributed by atoms with E-state index in [9.17, 15) is 4.79 Å². The molecule has 2 rings (SSSR count). The lowest BCUT2D eigenvalue weighted by molar-refractivity contribution is 0.0951. The number of halogens is 1. The Morgan fingerprint density at radius 3 is 3.00 bits per heavy atom. The monoisotopic (exact) mass is 323 g/mol. The molecule has 4 heteroatoms. The zero-order valence-electron chi connectivity index (χ0n) is 11.0. The summed E-state index contributed by atoms with van der Waals surface area (Å²) in [7, 11) is 1.57. The van der Waals surface area contributed by atoms with Gasteiger partial charge in [0.05, 0.1) is 12.7 Å². The van der Waals surface area contributed by atoms with Gasteiger partial charge in [0.1, 0.15) is 5.75 Å². The summed E-state index contributed by atoms with van der Waals surface area (Å²) in [4.78, 5) is 12.1. The van der Waals surface area contributed by atoms with Gasteiger partial charge in [-0.25, -0.2) is 0 Å². The van der Waals surface area contributed by atoms with E-state index in [0.29, 0.717) is 17.9 Å². The van der Waals surface area contributed by atoms with Crippen LogP contribution in [0.5, 0.6) is 5.75 Å². The van der Waals surface area contributed by atoms with Crippen molar-refractivity contribution in [2.45, 2.75) is 25.7 Å². The normalized spacial score (nSPS) is 14.1. The van der Waals surface area contributed by atoms with Gasteiger partial charge in [0.15, 0.2) is 0 Å². The number of ether oxygens (including phenoxy) is 1. The van der Waals surface area contributed by atoms with E-state index in [1.165, 1.54) is 24.8 Å². The summed E-state index contributed by atoms with van der Waals surface area (Å²) in [6, 6.07) is 5.42. The molecule has 1 amide bonds. The number of rotatable bonds is 5. The Morgan fingerprint density at radius 2 is 2.32 bits per heavy atom. The number of allylic oxidation sites excluding steroid dienone is 1. The van der Waals surface area contributed by atoms with E-state index in [2.05, 4.69) is 27.3 Å². The Kier molecular flexibility index (Phi) is 5.02. The maximum absolute atomic E-state index is 12.1. The maximum Gasteiger partial charge on any atom is 0.255 e. The van der Waals surface area contributed by atoms with Gasteiger partial charge in [-0.1, -0.05) is 27.6 Å². The van der Waals surface area contributed by atoms with Crippen molar-refractivity contribution in [2.24, 2.45) is 0 Å². The molecule has 0 saturated heterocycles. The molecular formula is C15H18BrNO2. The summed E-state index contributed by atoms with van der Waals surface area (Å²) in [6.45, 7) is 0.684. The molecule has 1 aliphatic rings.